The van der Waals surface area contributed by atoms with Gasteiger partial charge in [0.25, 0.3) is 0 Å². The highest BCUT2D eigenvalue weighted by Gasteiger charge is 2.55. The summed E-state index contributed by atoms with van der Waals surface area (Å²) in [5.74, 6) is -0.382. The van der Waals surface area contributed by atoms with Crippen LogP contribution in [0.4, 0.5) is 0 Å². The van der Waals surface area contributed by atoms with Crippen LogP contribution in [-0.2, 0) is 19.0 Å². The van der Waals surface area contributed by atoms with Crippen molar-refractivity contribution in [2.45, 2.75) is 50.9 Å². The Morgan fingerprint density at radius 1 is 1.39 bits per heavy atom. The fourth-order valence-electron chi connectivity index (χ4n) is 3.51. The molecule has 0 bridgehead atoms. The lowest BCUT2D eigenvalue weighted by atomic mass is 9.81. The van der Waals surface area contributed by atoms with Gasteiger partial charge >= 0.3 is 5.97 Å². The SMILES string of the molecule is C=C(C(=O)OCC)[C@]12CC(c3ccc(C)cc3)OC1CCCO2. The number of rotatable bonds is 4. The van der Waals surface area contributed by atoms with Gasteiger partial charge in [-0.2, -0.15) is 0 Å². The van der Waals surface area contributed by atoms with Crippen molar-refractivity contribution in [3.05, 3.63) is 47.5 Å². The van der Waals surface area contributed by atoms with Crippen LogP contribution in [0.3, 0.4) is 0 Å². The number of carbonyl (C=O) groups is 1. The average molecular weight is 316 g/mol. The molecule has 0 saturated carbocycles. The molecule has 4 heteroatoms. The largest absolute Gasteiger partial charge is 0.463 e. The molecule has 0 amide bonds. The molecule has 1 aromatic carbocycles. The monoisotopic (exact) mass is 316 g/mol. The summed E-state index contributed by atoms with van der Waals surface area (Å²) in [4.78, 5) is 12.2. The van der Waals surface area contributed by atoms with Crippen molar-refractivity contribution < 1.29 is 19.0 Å². The van der Waals surface area contributed by atoms with Crippen LogP contribution in [0.2, 0.25) is 0 Å². The van der Waals surface area contributed by atoms with Crippen molar-refractivity contribution in [2.75, 3.05) is 13.2 Å². The molecule has 2 unspecified atom stereocenters. The molecule has 124 valence electrons. The Hall–Kier alpha value is -1.65. The summed E-state index contributed by atoms with van der Waals surface area (Å²) in [7, 11) is 0. The molecule has 1 aromatic rings. The van der Waals surface area contributed by atoms with Crippen LogP contribution in [0.25, 0.3) is 0 Å². The molecule has 0 aromatic heterocycles. The summed E-state index contributed by atoms with van der Waals surface area (Å²) in [6.07, 6.45) is 2.20. The summed E-state index contributed by atoms with van der Waals surface area (Å²) in [6, 6.07) is 8.32. The summed E-state index contributed by atoms with van der Waals surface area (Å²) in [5, 5.41) is 0. The zero-order valence-electron chi connectivity index (χ0n) is 13.8. The van der Waals surface area contributed by atoms with Crippen molar-refractivity contribution in [2.24, 2.45) is 0 Å². The van der Waals surface area contributed by atoms with E-state index in [1.165, 1.54) is 5.56 Å². The Bertz CT molecular complexity index is 592. The molecule has 2 saturated heterocycles. The Kier molecular flexibility index (Phi) is 4.55. The molecule has 2 heterocycles. The van der Waals surface area contributed by atoms with E-state index in [1.807, 2.05) is 0 Å². The number of fused-ring (bicyclic) bond motifs is 1. The van der Waals surface area contributed by atoms with E-state index in [2.05, 4.69) is 37.8 Å². The highest BCUT2D eigenvalue weighted by atomic mass is 16.6. The van der Waals surface area contributed by atoms with Gasteiger partial charge in [0.2, 0.25) is 0 Å². The number of hydrogen-bond donors (Lipinski definition) is 0. The van der Waals surface area contributed by atoms with Crippen LogP contribution in [-0.4, -0.2) is 30.9 Å². The highest BCUT2D eigenvalue weighted by molar-refractivity contribution is 5.90. The van der Waals surface area contributed by atoms with Gasteiger partial charge in [-0.3, -0.25) is 0 Å². The maximum Gasteiger partial charge on any atom is 0.336 e. The molecule has 0 aliphatic carbocycles. The third-order valence-corrected chi connectivity index (χ3v) is 4.79. The fourth-order valence-corrected chi connectivity index (χ4v) is 3.51. The van der Waals surface area contributed by atoms with E-state index in [4.69, 9.17) is 14.2 Å². The van der Waals surface area contributed by atoms with Crippen LogP contribution in [0, 0.1) is 6.92 Å². The first-order chi connectivity index (χ1) is 11.1. The fraction of sp³-hybridized carbons (Fsp3) is 0.526. The molecule has 3 rings (SSSR count). The molecule has 0 radical (unpaired) electrons. The van der Waals surface area contributed by atoms with Gasteiger partial charge in [-0.05, 0) is 32.3 Å². The first-order valence-corrected chi connectivity index (χ1v) is 8.29. The van der Waals surface area contributed by atoms with E-state index in [1.54, 1.807) is 6.92 Å². The molecule has 2 fully saturated rings. The number of ether oxygens (including phenoxy) is 3. The molecular formula is C19H24O4. The lowest BCUT2D eigenvalue weighted by Gasteiger charge is -2.38. The Balaban J connectivity index is 1.86. The van der Waals surface area contributed by atoms with E-state index in [-0.39, 0.29) is 18.2 Å². The van der Waals surface area contributed by atoms with Crippen molar-refractivity contribution >= 4 is 5.97 Å². The van der Waals surface area contributed by atoms with Gasteiger partial charge in [0.05, 0.1) is 24.4 Å². The maximum atomic E-state index is 12.2. The van der Waals surface area contributed by atoms with Crippen molar-refractivity contribution in [3.8, 4) is 0 Å². The second kappa shape index (κ2) is 6.46. The molecule has 23 heavy (non-hydrogen) atoms. The van der Waals surface area contributed by atoms with Crippen LogP contribution in [0.1, 0.15) is 43.4 Å². The van der Waals surface area contributed by atoms with E-state index in [0.717, 1.165) is 18.4 Å². The summed E-state index contributed by atoms with van der Waals surface area (Å²) in [6.45, 7) is 8.81. The zero-order chi connectivity index (χ0) is 16.4. The predicted molar refractivity (Wildman–Crippen MR) is 87.1 cm³/mol. The number of hydrogen-bond acceptors (Lipinski definition) is 4. The first-order valence-electron chi connectivity index (χ1n) is 8.29. The maximum absolute atomic E-state index is 12.2. The molecule has 3 atom stereocenters. The van der Waals surface area contributed by atoms with E-state index < -0.39 is 5.60 Å². The van der Waals surface area contributed by atoms with Crippen LogP contribution in [0.5, 0.6) is 0 Å². The van der Waals surface area contributed by atoms with E-state index in [0.29, 0.717) is 25.2 Å². The molecule has 2 aliphatic heterocycles. The highest BCUT2D eigenvalue weighted by Crippen LogP contribution is 2.49. The predicted octanol–water partition coefficient (Wildman–Crippen LogP) is 3.49. The smallest absolute Gasteiger partial charge is 0.336 e. The Morgan fingerprint density at radius 3 is 2.83 bits per heavy atom. The van der Waals surface area contributed by atoms with Crippen LogP contribution < -0.4 is 0 Å². The number of aryl methyl sites for hydroxylation is 1. The minimum absolute atomic E-state index is 0.0788. The van der Waals surface area contributed by atoms with Crippen molar-refractivity contribution in [1.82, 2.24) is 0 Å². The Morgan fingerprint density at radius 2 is 2.13 bits per heavy atom. The van der Waals surface area contributed by atoms with Crippen molar-refractivity contribution in [3.63, 3.8) is 0 Å². The number of carbonyl (C=O) groups excluding carboxylic acids is 1. The van der Waals surface area contributed by atoms with E-state index >= 15 is 0 Å². The molecule has 2 aliphatic rings. The topological polar surface area (TPSA) is 44.8 Å². The van der Waals surface area contributed by atoms with Crippen molar-refractivity contribution in [1.29, 1.82) is 0 Å². The minimum atomic E-state index is -0.750. The quantitative estimate of drug-likeness (QED) is 0.630. The van der Waals surface area contributed by atoms with Gasteiger partial charge in [0.1, 0.15) is 5.60 Å². The minimum Gasteiger partial charge on any atom is -0.463 e. The third-order valence-electron chi connectivity index (χ3n) is 4.79. The van der Waals surface area contributed by atoms with Gasteiger partial charge < -0.3 is 14.2 Å². The number of esters is 1. The summed E-state index contributed by atoms with van der Waals surface area (Å²) in [5.41, 5.74) is 1.97. The van der Waals surface area contributed by atoms with Crippen LogP contribution >= 0.6 is 0 Å². The van der Waals surface area contributed by atoms with Gasteiger partial charge in [-0.1, -0.05) is 36.4 Å². The Labute approximate surface area is 137 Å². The molecule has 4 nitrogen and oxygen atoms in total. The molecule has 0 N–H and O–H groups in total. The summed E-state index contributed by atoms with van der Waals surface area (Å²) < 4.78 is 17.5. The lowest BCUT2D eigenvalue weighted by Crippen LogP contribution is -2.48. The standard InChI is InChI=1S/C19H24O4/c1-4-21-18(20)14(3)19-12-16(15-9-7-13(2)8-10-15)23-17(19)6-5-11-22-19/h7-10,16-17H,3-6,11-12H2,1-2H3/t16?,17?,19-/m1/s1. The summed E-state index contributed by atoms with van der Waals surface area (Å²) >= 11 is 0. The van der Waals surface area contributed by atoms with Gasteiger partial charge in [-0.15, -0.1) is 0 Å². The second-order valence-electron chi connectivity index (χ2n) is 6.31. The van der Waals surface area contributed by atoms with Gasteiger partial charge in [-0.25, -0.2) is 4.79 Å². The van der Waals surface area contributed by atoms with E-state index in [9.17, 15) is 4.79 Å². The molecular weight excluding hydrogens is 292 g/mol. The first kappa shape index (κ1) is 16.2. The van der Waals surface area contributed by atoms with Gasteiger partial charge in [0, 0.05) is 13.0 Å². The van der Waals surface area contributed by atoms with Crippen LogP contribution in [0.15, 0.2) is 36.4 Å². The molecule has 0 spiro atoms. The normalized spacial score (nSPS) is 29.8. The van der Waals surface area contributed by atoms with Gasteiger partial charge in [0.15, 0.2) is 0 Å². The zero-order valence-corrected chi connectivity index (χ0v) is 13.8. The average Bonchev–Trinajstić information content (AvgIpc) is 2.95. The third kappa shape index (κ3) is 2.93. The second-order valence-corrected chi connectivity index (χ2v) is 6.31. The lowest BCUT2D eigenvalue weighted by molar-refractivity contribution is -0.148. The number of benzene rings is 1.